The van der Waals surface area contributed by atoms with Crippen molar-refractivity contribution < 1.29 is 19.5 Å². The van der Waals surface area contributed by atoms with Gasteiger partial charge in [0, 0.05) is 12.8 Å². The van der Waals surface area contributed by atoms with Crippen LogP contribution in [0.5, 0.6) is 0 Å². The summed E-state index contributed by atoms with van der Waals surface area (Å²) in [7, 11) is 0. The standard InChI is InChI=1S/C14H21BrN2O3S/c1-13(2,3)17(12(18)19)7-4-5-14(20,6-8-17)11-16-9-10(15)21-11/h9,20H,4-8H2,1-3H3/t14-,17?/m1/s1. The first-order valence-corrected chi connectivity index (χ1v) is 8.65. The molecule has 1 saturated heterocycles. The number of thiazole rings is 1. The van der Waals surface area contributed by atoms with Crippen LogP contribution in [0, 0.1) is 0 Å². The Morgan fingerprint density at radius 2 is 2.14 bits per heavy atom. The number of hydrogen-bond acceptors (Lipinski definition) is 5. The van der Waals surface area contributed by atoms with Crippen molar-refractivity contribution >= 4 is 33.4 Å². The van der Waals surface area contributed by atoms with Crippen molar-refractivity contribution in [3.63, 3.8) is 0 Å². The summed E-state index contributed by atoms with van der Waals surface area (Å²) in [6, 6.07) is 0. The highest BCUT2D eigenvalue weighted by Gasteiger charge is 2.47. The molecule has 2 atom stereocenters. The zero-order chi connectivity index (χ0) is 15.9. The molecule has 0 radical (unpaired) electrons. The summed E-state index contributed by atoms with van der Waals surface area (Å²) in [6.45, 7) is 6.55. The van der Waals surface area contributed by atoms with E-state index in [1.54, 1.807) is 6.20 Å². The van der Waals surface area contributed by atoms with Crippen LogP contribution in [0.2, 0.25) is 0 Å². The molecular weight excluding hydrogens is 356 g/mol. The van der Waals surface area contributed by atoms with Gasteiger partial charge < -0.3 is 15.0 Å². The fraction of sp³-hybridized carbons (Fsp3) is 0.714. The molecule has 7 heteroatoms. The van der Waals surface area contributed by atoms with E-state index in [9.17, 15) is 15.0 Å². The zero-order valence-electron chi connectivity index (χ0n) is 12.6. The highest BCUT2D eigenvalue weighted by atomic mass is 79.9. The predicted molar refractivity (Wildman–Crippen MR) is 82.7 cm³/mol. The third kappa shape index (κ3) is 3.02. The van der Waals surface area contributed by atoms with E-state index in [2.05, 4.69) is 20.9 Å². The van der Waals surface area contributed by atoms with E-state index in [1.165, 1.54) is 11.3 Å². The summed E-state index contributed by atoms with van der Waals surface area (Å²) >= 11 is 4.76. The van der Waals surface area contributed by atoms with Gasteiger partial charge in [-0.05, 0) is 43.1 Å². The van der Waals surface area contributed by atoms with Crippen LogP contribution in [0.1, 0.15) is 45.0 Å². The minimum absolute atomic E-state index is 0.123. The van der Waals surface area contributed by atoms with E-state index in [0.717, 1.165) is 3.79 Å². The lowest BCUT2D eigenvalue weighted by Gasteiger charge is -2.47. The van der Waals surface area contributed by atoms with Crippen LogP contribution in [0.3, 0.4) is 0 Å². The number of carbonyl (C=O) groups excluding carboxylic acids is 1. The number of aromatic nitrogens is 1. The van der Waals surface area contributed by atoms with Gasteiger partial charge in [0.1, 0.15) is 10.6 Å². The van der Waals surface area contributed by atoms with Crippen molar-refractivity contribution in [2.75, 3.05) is 13.1 Å². The minimum atomic E-state index is -1.06. The highest BCUT2D eigenvalue weighted by molar-refractivity contribution is 9.11. The number of aliphatic hydroxyl groups is 1. The molecule has 0 saturated carbocycles. The molecule has 5 nitrogen and oxygen atoms in total. The van der Waals surface area contributed by atoms with Crippen LogP contribution >= 0.6 is 27.3 Å². The van der Waals surface area contributed by atoms with Crippen LogP contribution in [0.4, 0.5) is 4.79 Å². The smallest absolute Gasteiger partial charge is 0.257 e. The van der Waals surface area contributed by atoms with Gasteiger partial charge >= 0.3 is 0 Å². The van der Waals surface area contributed by atoms with Crippen LogP contribution < -0.4 is 5.11 Å². The summed E-state index contributed by atoms with van der Waals surface area (Å²) in [4.78, 5) is 16.0. The van der Waals surface area contributed by atoms with Gasteiger partial charge in [-0.15, -0.1) is 11.3 Å². The van der Waals surface area contributed by atoms with Crippen molar-refractivity contribution in [2.45, 2.75) is 51.2 Å². The van der Waals surface area contributed by atoms with E-state index in [0.29, 0.717) is 37.4 Å². The van der Waals surface area contributed by atoms with Crippen LogP contribution in [-0.2, 0) is 5.60 Å². The molecule has 1 aromatic rings. The number of rotatable bonds is 1. The predicted octanol–water partition coefficient (Wildman–Crippen LogP) is 2.24. The van der Waals surface area contributed by atoms with Crippen molar-refractivity contribution in [3.8, 4) is 0 Å². The van der Waals surface area contributed by atoms with Crippen molar-refractivity contribution in [1.29, 1.82) is 0 Å². The van der Waals surface area contributed by atoms with Gasteiger partial charge in [0.05, 0.1) is 28.6 Å². The van der Waals surface area contributed by atoms with Crippen LogP contribution in [0.25, 0.3) is 0 Å². The maximum Gasteiger partial charge on any atom is 0.257 e. The molecule has 1 N–H and O–H groups in total. The first kappa shape index (κ1) is 16.9. The molecule has 2 rings (SSSR count). The Morgan fingerprint density at radius 1 is 1.48 bits per heavy atom. The monoisotopic (exact) mass is 376 g/mol. The SMILES string of the molecule is CC(C)(C)[N+]1(C(=O)[O-])CCC[C@](O)(c2ncc(Br)s2)CC1. The highest BCUT2D eigenvalue weighted by Crippen LogP contribution is 2.40. The number of likely N-dealkylation sites (tertiary alicyclic amines) is 1. The van der Waals surface area contributed by atoms with Crippen molar-refractivity contribution in [1.82, 2.24) is 4.98 Å². The number of carboxylic acid groups (broad SMARTS) is 1. The summed E-state index contributed by atoms with van der Waals surface area (Å²) in [6.07, 6.45) is 2.13. The lowest BCUT2D eigenvalue weighted by Crippen LogP contribution is -2.68. The maximum atomic E-state index is 11.8. The van der Waals surface area contributed by atoms with Gasteiger partial charge in [-0.3, -0.25) is 4.48 Å². The number of carbonyl (C=O) groups is 1. The summed E-state index contributed by atoms with van der Waals surface area (Å²) < 4.78 is 0.744. The molecule has 0 aliphatic carbocycles. The first-order chi connectivity index (χ1) is 9.61. The molecule has 21 heavy (non-hydrogen) atoms. The normalized spacial score (nSPS) is 30.9. The van der Waals surface area contributed by atoms with Crippen LogP contribution in [-0.4, -0.2) is 39.3 Å². The van der Waals surface area contributed by atoms with Crippen LogP contribution in [0.15, 0.2) is 9.98 Å². The number of hydrogen-bond donors (Lipinski definition) is 1. The largest absolute Gasteiger partial charge is 0.498 e. The van der Waals surface area contributed by atoms with Gasteiger partial charge in [-0.1, -0.05) is 0 Å². The fourth-order valence-corrected chi connectivity index (χ4v) is 4.42. The number of quaternary nitrogens is 1. The second kappa shape index (κ2) is 5.61. The molecule has 1 aliphatic rings. The molecule has 0 spiro atoms. The molecule has 1 unspecified atom stereocenters. The van der Waals surface area contributed by atoms with Gasteiger partial charge in [0.2, 0.25) is 0 Å². The molecule has 1 aliphatic heterocycles. The first-order valence-electron chi connectivity index (χ1n) is 7.04. The molecule has 118 valence electrons. The lowest BCUT2D eigenvalue weighted by atomic mass is 9.95. The van der Waals surface area contributed by atoms with E-state index in [4.69, 9.17) is 0 Å². The van der Waals surface area contributed by atoms with Crippen molar-refractivity contribution in [2.24, 2.45) is 0 Å². The van der Waals surface area contributed by atoms with Gasteiger partial charge in [-0.25, -0.2) is 4.98 Å². The topological polar surface area (TPSA) is 73.2 Å². The Hall–Kier alpha value is -0.500. The Labute approximate surface area is 137 Å². The quantitative estimate of drug-likeness (QED) is 0.762. The van der Waals surface area contributed by atoms with E-state index in [1.807, 2.05) is 20.8 Å². The van der Waals surface area contributed by atoms with E-state index >= 15 is 0 Å². The second-order valence-electron chi connectivity index (χ2n) is 6.71. The Kier molecular flexibility index (Phi) is 4.50. The average molecular weight is 377 g/mol. The minimum Gasteiger partial charge on any atom is -0.498 e. The zero-order valence-corrected chi connectivity index (χ0v) is 15.0. The fourth-order valence-electron chi connectivity index (χ4n) is 3.06. The van der Waals surface area contributed by atoms with Crippen molar-refractivity contribution in [3.05, 3.63) is 15.0 Å². The van der Waals surface area contributed by atoms with Gasteiger partial charge in [0.15, 0.2) is 0 Å². The number of halogens is 1. The number of amides is 1. The third-order valence-electron chi connectivity index (χ3n) is 4.55. The van der Waals surface area contributed by atoms with Gasteiger partial charge in [0.25, 0.3) is 6.09 Å². The van der Waals surface area contributed by atoms with E-state index < -0.39 is 17.2 Å². The summed E-state index contributed by atoms with van der Waals surface area (Å²) in [5.74, 6) is 0. The third-order valence-corrected chi connectivity index (χ3v) is 6.22. The lowest BCUT2D eigenvalue weighted by molar-refractivity contribution is -0.919. The summed E-state index contributed by atoms with van der Waals surface area (Å²) in [5.41, 5.74) is -1.51. The number of nitrogens with zero attached hydrogens (tertiary/aromatic N) is 2. The van der Waals surface area contributed by atoms with Gasteiger partial charge in [-0.2, -0.15) is 0 Å². The second-order valence-corrected chi connectivity index (χ2v) is 9.12. The molecule has 1 aromatic heterocycles. The molecule has 1 fully saturated rings. The molecule has 0 aromatic carbocycles. The molecule has 0 bridgehead atoms. The molecular formula is C14H21BrN2O3S. The average Bonchev–Trinajstić information content (AvgIpc) is 2.69. The Morgan fingerprint density at radius 3 is 2.62 bits per heavy atom. The summed E-state index contributed by atoms with van der Waals surface area (Å²) in [5, 5.41) is 23.4. The molecule has 1 amide bonds. The Bertz CT molecular complexity index is 543. The molecule has 2 heterocycles. The maximum absolute atomic E-state index is 11.8. The van der Waals surface area contributed by atoms with E-state index in [-0.39, 0.29) is 4.48 Å². The Balaban J connectivity index is 2.31.